The van der Waals surface area contributed by atoms with Crippen molar-refractivity contribution in [2.24, 2.45) is 0 Å². The Kier molecular flexibility index (Phi) is 5.89. The van der Waals surface area contributed by atoms with Crippen molar-refractivity contribution in [2.75, 3.05) is 0 Å². The Labute approximate surface area is 180 Å². The first-order chi connectivity index (χ1) is 14.4. The molecule has 4 rings (SSSR count). The summed E-state index contributed by atoms with van der Waals surface area (Å²) < 4.78 is 20.2. The molecule has 0 aromatic heterocycles. The number of carbonyl (C=O) groups is 1. The summed E-state index contributed by atoms with van der Waals surface area (Å²) >= 11 is 6.05. The fourth-order valence-corrected chi connectivity index (χ4v) is 4.14. The molecule has 5 heteroatoms. The summed E-state index contributed by atoms with van der Waals surface area (Å²) in [7, 11) is 0. The van der Waals surface area contributed by atoms with Crippen LogP contribution in [-0.2, 0) is 4.74 Å². The molecule has 1 heterocycles. The third-order valence-electron chi connectivity index (χ3n) is 5.51. The molecule has 1 aliphatic rings. The molecular weight excluding hydrogens is 401 g/mol. The van der Waals surface area contributed by atoms with Gasteiger partial charge in [-0.15, -0.1) is 0 Å². The predicted molar refractivity (Wildman–Crippen MR) is 116 cm³/mol. The van der Waals surface area contributed by atoms with Crippen LogP contribution in [0.3, 0.4) is 0 Å². The third-order valence-corrected chi connectivity index (χ3v) is 5.77. The molecule has 0 bridgehead atoms. The topological polar surface area (TPSA) is 38.3 Å². The largest absolute Gasteiger partial charge is 0.365 e. The van der Waals surface area contributed by atoms with Gasteiger partial charge in [0.25, 0.3) is 5.91 Å². The van der Waals surface area contributed by atoms with Gasteiger partial charge < -0.3 is 10.1 Å². The molecule has 30 heavy (non-hydrogen) atoms. The highest BCUT2D eigenvalue weighted by Gasteiger charge is 2.40. The van der Waals surface area contributed by atoms with Crippen LogP contribution in [0, 0.1) is 5.82 Å². The summed E-state index contributed by atoms with van der Waals surface area (Å²) in [5.74, 6) is -0.437. The highest BCUT2D eigenvalue weighted by molar-refractivity contribution is 6.30. The molecule has 3 atom stereocenters. The lowest BCUT2D eigenvalue weighted by Crippen LogP contribution is -2.50. The zero-order valence-corrected chi connectivity index (χ0v) is 17.4. The predicted octanol–water partition coefficient (Wildman–Crippen LogP) is 6.26. The first-order valence-electron chi connectivity index (χ1n) is 9.96. The number of nitrogens with one attached hydrogen (secondary N) is 1. The van der Waals surface area contributed by atoms with Gasteiger partial charge in [0.15, 0.2) is 0 Å². The molecule has 0 unspecified atom stereocenters. The van der Waals surface area contributed by atoms with E-state index in [1.807, 2.05) is 55.5 Å². The number of carbonyl (C=O) groups excluding carboxylic acids is 1. The molecule has 3 aromatic carbocycles. The van der Waals surface area contributed by atoms with Crippen LogP contribution in [0.5, 0.6) is 0 Å². The fourth-order valence-electron chi connectivity index (χ4n) is 4.01. The van der Waals surface area contributed by atoms with Crippen LogP contribution in [0.2, 0.25) is 5.02 Å². The lowest BCUT2D eigenvalue weighted by molar-refractivity contribution is -0.0852. The molecule has 154 valence electrons. The van der Waals surface area contributed by atoms with Crippen LogP contribution in [0.1, 0.15) is 53.5 Å². The number of hydrogen-bond donors (Lipinski definition) is 1. The second kappa shape index (κ2) is 8.58. The minimum atomic E-state index is -0.535. The van der Waals surface area contributed by atoms with Crippen molar-refractivity contribution in [3.05, 3.63) is 106 Å². The summed E-state index contributed by atoms with van der Waals surface area (Å²) in [5.41, 5.74) is 1.80. The van der Waals surface area contributed by atoms with E-state index in [4.69, 9.17) is 16.3 Å². The van der Waals surface area contributed by atoms with Gasteiger partial charge in [-0.25, -0.2) is 4.39 Å². The lowest BCUT2D eigenvalue weighted by Gasteiger charge is -2.43. The summed E-state index contributed by atoms with van der Waals surface area (Å²) in [5, 5.41) is 3.85. The van der Waals surface area contributed by atoms with Crippen molar-refractivity contribution >= 4 is 17.5 Å². The molecule has 1 saturated heterocycles. The monoisotopic (exact) mass is 423 g/mol. The maximum atomic E-state index is 13.9. The second-order valence-corrected chi connectivity index (χ2v) is 8.45. The van der Waals surface area contributed by atoms with Gasteiger partial charge in [0.2, 0.25) is 0 Å². The molecular formula is C25H23ClFNO2. The van der Waals surface area contributed by atoms with Crippen LogP contribution in [0.25, 0.3) is 0 Å². The Bertz CT molecular complexity index is 1020. The summed E-state index contributed by atoms with van der Waals surface area (Å²) in [6.45, 7) is 2.02. The quantitative estimate of drug-likeness (QED) is 0.537. The van der Waals surface area contributed by atoms with Crippen LogP contribution in [-0.4, -0.2) is 11.4 Å². The van der Waals surface area contributed by atoms with E-state index < -0.39 is 5.54 Å². The minimum absolute atomic E-state index is 0.132. The zero-order valence-electron chi connectivity index (χ0n) is 16.6. The Morgan fingerprint density at radius 3 is 2.30 bits per heavy atom. The Hall–Kier alpha value is -2.69. The van der Waals surface area contributed by atoms with E-state index in [2.05, 4.69) is 5.32 Å². The van der Waals surface area contributed by atoms with Crippen LogP contribution < -0.4 is 5.32 Å². The normalized spacial score (nSPS) is 23.7. The van der Waals surface area contributed by atoms with Crippen molar-refractivity contribution in [2.45, 2.75) is 37.5 Å². The highest BCUT2D eigenvalue weighted by Crippen LogP contribution is 2.44. The Morgan fingerprint density at radius 2 is 1.63 bits per heavy atom. The second-order valence-electron chi connectivity index (χ2n) is 8.01. The lowest BCUT2D eigenvalue weighted by atomic mass is 9.81. The maximum absolute atomic E-state index is 13.9. The van der Waals surface area contributed by atoms with Gasteiger partial charge in [-0.05, 0) is 54.4 Å². The maximum Gasteiger partial charge on any atom is 0.251 e. The average molecular weight is 424 g/mol. The number of amides is 1. The Balaban J connectivity index is 1.64. The number of rotatable bonds is 4. The zero-order chi connectivity index (χ0) is 21.1. The van der Waals surface area contributed by atoms with E-state index in [-0.39, 0.29) is 23.9 Å². The summed E-state index contributed by atoms with van der Waals surface area (Å²) in [6, 6.07) is 23.1. The van der Waals surface area contributed by atoms with Crippen molar-refractivity contribution in [3.63, 3.8) is 0 Å². The molecule has 0 aliphatic carbocycles. The molecule has 0 radical (unpaired) electrons. The van der Waals surface area contributed by atoms with Crippen LogP contribution in [0.4, 0.5) is 4.39 Å². The van der Waals surface area contributed by atoms with E-state index in [1.165, 1.54) is 12.1 Å². The standard InChI is InChI=1S/C25H23ClFNO2/c1-25(28-24(29)18-6-3-2-4-7-18)15-22(17-10-12-20(26)13-11-17)30-23(16-25)19-8-5-9-21(27)14-19/h2-14,22-23H,15-16H2,1H3,(H,28,29)/t22-,23+,25-/m0/s1. The number of halogens is 2. The van der Waals surface area contributed by atoms with E-state index in [0.717, 1.165) is 11.1 Å². The first kappa shape index (κ1) is 20.6. The average Bonchev–Trinajstić information content (AvgIpc) is 2.74. The molecule has 1 aliphatic heterocycles. The molecule has 0 saturated carbocycles. The van der Waals surface area contributed by atoms with Crippen molar-refractivity contribution < 1.29 is 13.9 Å². The van der Waals surface area contributed by atoms with Gasteiger partial charge >= 0.3 is 0 Å². The molecule has 1 fully saturated rings. The van der Waals surface area contributed by atoms with Gasteiger partial charge in [-0.3, -0.25) is 4.79 Å². The van der Waals surface area contributed by atoms with Crippen LogP contribution >= 0.6 is 11.6 Å². The Morgan fingerprint density at radius 1 is 0.967 bits per heavy atom. The van der Waals surface area contributed by atoms with Crippen LogP contribution in [0.15, 0.2) is 78.9 Å². The van der Waals surface area contributed by atoms with Gasteiger partial charge in [0, 0.05) is 29.0 Å². The van der Waals surface area contributed by atoms with Gasteiger partial charge in [0.1, 0.15) is 5.82 Å². The van der Waals surface area contributed by atoms with E-state index in [0.29, 0.717) is 23.4 Å². The number of benzene rings is 3. The van der Waals surface area contributed by atoms with Crippen molar-refractivity contribution in [3.8, 4) is 0 Å². The van der Waals surface area contributed by atoms with Gasteiger partial charge in [0.05, 0.1) is 12.2 Å². The molecule has 1 N–H and O–H groups in total. The number of hydrogen-bond acceptors (Lipinski definition) is 2. The SMILES string of the molecule is C[C@]1(NC(=O)c2ccccc2)C[C@@H](c2ccc(Cl)cc2)O[C@@H](c2cccc(F)c2)C1. The van der Waals surface area contributed by atoms with Gasteiger partial charge in [-0.1, -0.05) is 54.1 Å². The third kappa shape index (κ3) is 4.72. The molecule has 1 amide bonds. The number of ether oxygens (including phenoxy) is 1. The highest BCUT2D eigenvalue weighted by atomic mass is 35.5. The summed E-state index contributed by atoms with van der Waals surface area (Å²) in [4.78, 5) is 12.9. The van der Waals surface area contributed by atoms with E-state index in [1.54, 1.807) is 18.2 Å². The van der Waals surface area contributed by atoms with Crippen molar-refractivity contribution in [1.82, 2.24) is 5.32 Å². The fraction of sp³-hybridized carbons (Fsp3) is 0.240. The minimum Gasteiger partial charge on any atom is -0.365 e. The van der Waals surface area contributed by atoms with E-state index in [9.17, 15) is 9.18 Å². The smallest absolute Gasteiger partial charge is 0.251 e. The first-order valence-corrected chi connectivity index (χ1v) is 10.3. The molecule has 3 nitrogen and oxygen atoms in total. The van der Waals surface area contributed by atoms with E-state index >= 15 is 0 Å². The summed E-state index contributed by atoms with van der Waals surface area (Å²) in [6.07, 6.45) is 0.527. The molecule has 0 spiro atoms. The molecule has 3 aromatic rings. The van der Waals surface area contributed by atoms with Crippen molar-refractivity contribution in [1.29, 1.82) is 0 Å². The van der Waals surface area contributed by atoms with Gasteiger partial charge in [-0.2, -0.15) is 0 Å².